The van der Waals surface area contributed by atoms with Crippen LogP contribution in [0.1, 0.15) is 32.1 Å². The zero-order valence-electron chi connectivity index (χ0n) is 13.0. The summed E-state index contributed by atoms with van der Waals surface area (Å²) in [4.78, 5) is 0.268. The number of rotatable bonds is 5. The third-order valence-corrected chi connectivity index (χ3v) is 5.56. The second-order valence-corrected chi connectivity index (χ2v) is 7.66. The van der Waals surface area contributed by atoms with Crippen molar-refractivity contribution in [2.24, 2.45) is 0 Å². The van der Waals surface area contributed by atoms with E-state index in [0.29, 0.717) is 11.7 Å². The van der Waals surface area contributed by atoms with Crippen molar-refractivity contribution in [3.05, 3.63) is 54.6 Å². The lowest BCUT2D eigenvalue weighted by Crippen LogP contribution is -2.22. The zero-order chi connectivity index (χ0) is 16.1. The molecule has 3 rings (SSSR count). The minimum atomic E-state index is -3.52. The van der Waals surface area contributed by atoms with Crippen molar-refractivity contribution in [3.63, 3.8) is 0 Å². The van der Waals surface area contributed by atoms with Crippen LogP contribution >= 0.6 is 0 Å². The van der Waals surface area contributed by atoms with Gasteiger partial charge in [-0.25, -0.2) is 8.42 Å². The molecule has 0 unspecified atom stereocenters. The first-order valence-electron chi connectivity index (χ1n) is 8.08. The van der Waals surface area contributed by atoms with Crippen LogP contribution in [0.2, 0.25) is 0 Å². The van der Waals surface area contributed by atoms with Crippen molar-refractivity contribution in [2.75, 3.05) is 10.0 Å². The third kappa shape index (κ3) is 4.26. The lowest BCUT2D eigenvalue weighted by molar-refractivity contribution is 0.463. The smallest absolute Gasteiger partial charge is 0.261 e. The minimum Gasteiger partial charge on any atom is -0.382 e. The molecular weight excluding hydrogens is 308 g/mol. The number of sulfonamides is 1. The van der Waals surface area contributed by atoms with Gasteiger partial charge in [0.25, 0.3) is 10.0 Å². The molecule has 122 valence electrons. The summed E-state index contributed by atoms with van der Waals surface area (Å²) in [5.41, 5.74) is 1.61. The molecule has 0 radical (unpaired) electrons. The van der Waals surface area contributed by atoms with Gasteiger partial charge in [0, 0.05) is 17.4 Å². The van der Waals surface area contributed by atoms with Crippen LogP contribution in [0.15, 0.2) is 59.5 Å². The Labute approximate surface area is 138 Å². The van der Waals surface area contributed by atoms with Crippen LogP contribution in [0.5, 0.6) is 0 Å². The summed E-state index contributed by atoms with van der Waals surface area (Å²) in [6.07, 6.45) is 6.32. The molecule has 0 amide bonds. The van der Waals surface area contributed by atoms with E-state index >= 15 is 0 Å². The van der Waals surface area contributed by atoms with Gasteiger partial charge in [0.1, 0.15) is 0 Å². The Hall–Kier alpha value is -2.01. The van der Waals surface area contributed by atoms with Crippen LogP contribution in [0, 0.1) is 0 Å². The summed E-state index contributed by atoms with van der Waals surface area (Å²) in [7, 11) is -3.52. The van der Waals surface area contributed by atoms with E-state index in [1.165, 1.54) is 32.1 Å². The van der Waals surface area contributed by atoms with Crippen molar-refractivity contribution < 1.29 is 8.42 Å². The molecule has 0 spiro atoms. The number of anilines is 2. The van der Waals surface area contributed by atoms with Crippen molar-refractivity contribution in [1.82, 2.24) is 0 Å². The van der Waals surface area contributed by atoms with Crippen molar-refractivity contribution in [3.8, 4) is 0 Å². The standard InChI is InChI=1S/C18H22N2O2S/c21-23(22,18-9-5-2-6-10-18)20-17-13-11-16(12-14-17)19-15-7-3-1-4-8-15/h2,5-6,9-15,19-20H,1,3-4,7-8H2. The monoisotopic (exact) mass is 330 g/mol. The van der Waals surface area contributed by atoms with Crippen LogP contribution in [0.3, 0.4) is 0 Å². The Bertz CT molecular complexity index is 721. The van der Waals surface area contributed by atoms with Crippen LogP contribution in [0.4, 0.5) is 11.4 Å². The first-order valence-corrected chi connectivity index (χ1v) is 9.56. The van der Waals surface area contributed by atoms with Crippen LogP contribution < -0.4 is 10.0 Å². The van der Waals surface area contributed by atoms with Gasteiger partial charge in [-0.05, 0) is 49.2 Å². The normalized spacial score (nSPS) is 16.0. The molecule has 2 N–H and O–H groups in total. The molecule has 5 heteroatoms. The molecular formula is C18H22N2O2S. The van der Waals surface area contributed by atoms with E-state index in [-0.39, 0.29) is 4.90 Å². The summed E-state index contributed by atoms with van der Waals surface area (Å²) >= 11 is 0. The first-order chi connectivity index (χ1) is 11.1. The molecule has 0 bridgehead atoms. The molecule has 4 nitrogen and oxygen atoms in total. The molecule has 0 heterocycles. The Morgan fingerprint density at radius 2 is 1.39 bits per heavy atom. The highest BCUT2D eigenvalue weighted by molar-refractivity contribution is 7.92. The highest BCUT2D eigenvalue weighted by Gasteiger charge is 2.14. The van der Waals surface area contributed by atoms with Gasteiger partial charge in [0.15, 0.2) is 0 Å². The van der Waals surface area contributed by atoms with Gasteiger partial charge in [-0.3, -0.25) is 4.72 Å². The molecule has 0 aliphatic heterocycles. The highest BCUT2D eigenvalue weighted by Crippen LogP contribution is 2.23. The SMILES string of the molecule is O=S(=O)(Nc1ccc(NC2CCCCC2)cc1)c1ccccc1. The maximum absolute atomic E-state index is 12.3. The van der Waals surface area contributed by atoms with Gasteiger partial charge in [0.05, 0.1) is 4.90 Å². The lowest BCUT2D eigenvalue weighted by atomic mass is 9.95. The maximum atomic E-state index is 12.3. The maximum Gasteiger partial charge on any atom is 0.261 e. The number of hydrogen-bond donors (Lipinski definition) is 2. The largest absolute Gasteiger partial charge is 0.382 e. The molecule has 0 atom stereocenters. The Morgan fingerprint density at radius 1 is 0.783 bits per heavy atom. The quantitative estimate of drug-likeness (QED) is 0.862. The molecule has 1 aliphatic carbocycles. The number of benzene rings is 2. The predicted molar refractivity (Wildman–Crippen MR) is 94.2 cm³/mol. The molecule has 1 aliphatic rings. The molecule has 1 saturated carbocycles. The summed E-state index contributed by atoms with van der Waals surface area (Å²) < 4.78 is 27.2. The van der Waals surface area contributed by atoms with Crippen LogP contribution in [-0.4, -0.2) is 14.5 Å². The van der Waals surface area contributed by atoms with Gasteiger partial charge >= 0.3 is 0 Å². The second-order valence-electron chi connectivity index (χ2n) is 5.98. The van der Waals surface area contributed by atoms with Gasteiger partial charge in [-0.1, -0.05) is 37.5 Å². The third-order valence-electron chi connectivity index (χ3n) is 4.17. The summed E-state index contributed by atoms with van der Waals surface area (Å²) in [6.45, 7) is 0. The molecule has 1 fully saturated rings. The second kappa shape index (κ2) is 7.04. The number of hydrogen-bond acceptors (Lipinski definition) is 3. The molecule has 2 aromatic carbocycles. The fourth-order valence-corrected chi connectivity index (χ4v) is 4.01. The van der Waals surface area contributed by atoms with Crippen molar-refractivity contribution >= 4 is 21.4 Å². The van der Waals surface area contributed by atoms with E-state index in [4.69, 9.17) is 0 Å². The molecule has 2 aromatic rings. The summed E-state index contributed by atoms with van der Waals surface area (Å²) in [6, 6.07) is 16.4. The number of nitrogens with one attached hydrogen (secondary N) is 2. The van der Waals surface area contributed by atoms with Crippen molar-refractivity contribution in [1.29, 1.82) is 0 Å². The Balaban J connectivity index is 1.65. The lowest BCUT2D eigenvalue weighted by Gasteiger charge is -2.24. The predicted octanol–water partition coefficient (Wildman–Crippen LogP) is 4.23. The van der Waals surface area contributed by atoms with E-state index in [2.05, 4.69) is 10.0 Å². The molecule has 23 heavy (non-hydrogen) atoms. The summed E-state index contributed by atoms with van der Waals surface area (Å²) in [5, 5.41) is 3.53. The fraction of sp³-hybridized carbons (Fsp3) is 0.333. The average Bonchev–Trinajstić information content (AvgIpc) is 2.58. The molecule has 0 saturated heterocycles. The van der Waals surface area contributed by atoms with Gasteiger partial charge < -0.3 is 5.32 Å². The average molecular weight is 330 g/mol. The van der Waals surface area contributed by atoms with Gasteiger partial charge in [-0.15, -0.1) is 0 Å². The minimum absolute atomic E-state index is 0.268. The molecule has 0 aromatic heterocycles. The van der Waals surface area contributed by atoms with Crippen molar-refractivity contribution in [2.45, 2.75) is 43.0 Å². The Morgan fingerprint density at radius 3 is 2.04 bits per heavy atom. The topological polar surface area (TPSA) is 58.2 Å². The summed E-state index contributed by atoms with van der Waals surface area (Å²) in [5.74, 6) is 0. The van der Waals surface area contributed by atoms with E-state index < -0.39 is 10.0 Å². The zero-order valence-corrected chi connectivity index (χ0v) is 13.9. The van der Waals surface area contributed by atoms with E-state index in [9.17, 15) is 8.42 Å². The van der Waals surface area contributed by atoms with E-state index in [1.807, 2.05) is 12.1 Å². The van der Waals surface area contributed by atoms with E-state index in [1.54, 1.807) is 42.5 Å². The van der Waals surface area contributed by atoms with Gasteiger partial charge in [-0.2, -0.15) is 0 Å². The first kappa shape index (κ1) is 15.9. The highest BCUT2D eigenvalue weighted by atomic mass is 32.2. The van der Waals surface area contributed by atoms with Crippen LogP contribution in [-0.2, 0) is 10.0 Å². The van der Waals surface area contributed by atoms with Gasteiger partial charge in [0.2, 0.25) is 0 Å². The Kier molecular flexibility index (Phi) is 4.86. The van der Waals surface area contributed by atoms with E-state index in [0.717, 1.165) is 5.69 Å². The van der Waals surface area contributed by atoms with Crippen LogP contribution in [0.25, 0.3) is 0 Å². The fourth-order valence-electron chi connectivity index (χ4n) is 2.93.